The molecule has 0 amide bonds. The van der Waals surface area contributed by atoms with Gasteiger partial charge in [0.1, 0.15) is 6.04 Å². The second-order valence-electron chi connectivity index (χ2n) is 3.64. The summed E-state index contributed by atoms with van der Waals surface area (Å²) >= 11 is 0. The minimum atomic E-state index is -1.04. The van der Waals surface area contributed by atoms with Crippen LogP contribution >= 0.6 is 0 Å². The first-order valence-corrected chi connectivity index (χ1v) is 5.18. The zero-order valence-electron chi connectivity index (χ0n) is 9.08. The molecule has 1 heterocycles. The SMILES string of the molecule is N[C@H](C(=O)O)c1ccccc1-c1cccnc1. The summed E-state index contributed by atoms with van der Waals surface area (Å²) in [6.07, 6.45) is 3.36. The van der Waals surface area contributed by atoms with Crippen LogP contribution in [0.3, 0.4) is 0 Å². The second-order valence-corrected chi connectivity index (χ2v) is 3.64. The van der Waals surface area contributed by atoms with Gasteiger partial charge >= 0.3 is 5.97 Å². The average molecular weight is 228 g/mol. The highest BCUT2D eigenvalue weighted by atomic mass is 16.4. The first-order valence-electron chi connectivity index (χ1n) is 5.18. The van der Waals surface area contributed by atoms with Crippen molar-refractivity contribution in [3.8, 4) is 11.1 Å². The fourth-order valence-corrected chi connectivity index (χ4v) is 1.69. The number of aromatic nitrogens is 1. The smallest absolute Gasteiger partial charge is 0.325 e. The zero-order chi connectivity index (χ0) is 12.3. The quantitative estimate of drug-likeness (QED) is 0.840. The first-order chi connectivity index (χ1) is 8.20. The van der Waals surface area contributed by atoms with Crippen molar-refractivity contribution in [2.75, 3.05) is 0 Å². The van der Waals surface area contributed by atoms with Gasteiger partial charge in [0.05, 0.1) is 0 Å². The summed E-state index contributed by atoms with van der Waals surface area (Å²) < 4.78 is 0. The number of nitrogens with two attached hydrogens (primary N) is 1. The van der Waals surface area contributed by atoms with Gasteiger partial charge in [-0.3, -0.25) is 9.78 Å². The highest BCUT2D eigenvalue weighted by Gasteiger charge is 2.18. The van der Waals surface area contributed by atoms with Crippen LogP contribution in [0.1, 0.15) is 11.6 Å². The summed E-state index contributed by atoms with van der Waals surface area (Å²) in [5, 5.41) is 8.97. The molecule has 0 saturated heterocycles. The Morgan fingerprint density at radius 1 is 1.24 bits per heavy atom. The summed E-state index contributed by atoms with van der Waals surface area (Å²) in [5.41, 5.74) is 7.91. The van der Waals surface area contributed by atoms with Crippen molar-refractivity contribution in [2.45, 2.75) is 6.04 Å². The van der Waals surface area contributed by atoms with Crippen LogP contribution in [0.5, 0.6) is 0 Å². The molecular weight excluding hydrogens is 216 g/mol. The van der Waals surface area contributed by atoms with E-state index in [1.165, 1.54) is 0 Å². The molecule has 17 heavy (non-hydrogen) atoms. The molecule has 1 atom stereocenters. The molecule has 86 valence electrons. The number of benzene rings is 1. The number of hydrogen-bond donors (Lipinski definition) is 2. The summed E-state index contributed by atoms with van der Waals surface area (Å²) in [6, 6.07) is 9.85. The summed E-state index contributed by atoms with van der Waals surface area (Å²) in [7, 11) is 0. The number of nitrogens with zero attached hydrogens (tertiary/aromatic N) is 1. The van der Waals surface area contributed by atoms with Crippen LogP contribution in [0.15, 0.2) is 48.8 Å². The Bertz CT molecular complexity index is 526. The molecule has 2 rings (SSSR count). The molecule has 2 aromatic rings. The van der Waals surface area contributed by atoms with Crippen molar-refractivity contribution < 1.29 is 9.90 Å². The van der Waals surface area contributed by atoms with Crippen LogP contribution in [0.25, 0.3) is 11.1 Å². The lowest BCUT2D eigenvalue weighted by atomic mass is 9.96. The summed E-state index contributed by atoms with van der Waals surface area (Å²) in [4.78, 5) is 15.0. The van der Waals surface area contributed by atoms with Crippen LogP contribution < -0.4 is 5.73 Å². The molecule has 0 spiro atoms. The maximum atomic E-state index is 10.9. The molecular formula is C13H12N2O2. The maximum Gasteiger partial charge on any atom is 0.325 e. The van der Waals surface area contributed by atoms with Crippen molar-refractivity contribution in [3.63, 3.8) is 0 Å². The summed E-state index contributed by atoms with van der Waals surface area (Å²) in [5.74, 6) is -1.04. The molecule has 0 radical (unpaired) electrons. The Morgan fingerprint density at radius 2 is 2.00 bits per heavy atom. The third-order valence-corrected chi connectivity index (χ3v) is 2.53. The van der Waals surface area contributed by atoms with Gasteiger partial charge in [0.2, 0.25) is 0 Å². The Labute approximate surface area is 98.7 Å². The van der Waals surface area contributed by atoms with Crippen molar-refractivity contribution in [1.82, 2.24) is 4.98 Å². The minimum Gasteiger partial charge on any atom is -0.480 e. The van der Waals surface area contributed by atoms with E-state index in [-0.39, 0.29) is 0 Å². The molecule has 3 N–H and O–H groups in total. The van der Waals surface area contributed by atoms with Gasteiger partial charge in [-0.2, -0.15) is 0 Å². The number of hydrogen-bond acceptors (Lipinski definition) is 3. The molecule has 4 heteroatoms. The van der Waals surface area contributed by atoms with Crippen molar-refractivity contribution in [2.24, 2.45) is 5.73 Å². The molecule has 0 saturated carbocycles. The molecule has 0 aliphatic heterocycles. The van der Waals surface area contributed by atoms with Gasteiger partial charge in [-0.15, -0.1) is 0 Å². The molecule has 1 aromatic carbocycles. The lowest BCUT2D eigenvalue weighted by Gasteiger charge is -2.12. The van der Waals surface area contributed by atoms with E-state index in [1.807, 2.05) is 18.2 Å². The number of aliphatic carboxylic acids is 1. The number of rotatable bonds is 3. The normalized spacial score (nSPS) is 12.1. The Hall–Kier alpha value is -2.20. The van der Waals surface area contributed by atoms with E-state index < -0.39 is 12.0 Å². The van der Waals surface area contributed by atoms with Gasteiger partial charge in [-0.25, -0.2) is 0 Å². The van der Waals surface area contributed by atoms with Crippen molar-refractivity contribution >= 4 is 5.97 Å². The monoisotopic (exact) mass is 228 g/mol. The van der Waals surface area contributed by atoms with Crippen molar-refractivity contribution in [1.29, 1.82) is 0 Å². The number of pyridine rings is 1. The predicted octanol–water partition coefficient (Wildman–Crippen LogP) is 1.83. The second kappa shape index (κ2) is 4.76. The third-order valence-electron chi connectivity index (χ3n) is 2.53. The van der Waals surface area contributed by atoms with Crippen LogP contribution in [0, 0.1) is 0 Å². The van der Waals surface area contributed by atoms with E-state index in [1.54, 1.807) is 30.6 Å². The van der Waals surface area contributed by atoms with Gasteiger partial charge in [-0.1, -0.05) is 30.3 Å². The van der Waals surface area contributed by atoms with Gasteiger partial charge in [-0.05, 0) is 17.2 Å². The standard InChI is InChI=1S/C13H12N2O2/c14-12(13(16)17)11-6-2-1-5-10(11)9-4-3-7-15-8-9/h1-8,12H,14H2,(H,16,17)/t12-/m0/s1. The van der Waals surface area contributed by atoms with Crippen molar-refractivity contribution in [3.05, 3.63) is 54.4 Å². The van der Waals surface area contributed by atoms with Gasteiger partial charge < -0.3 is 10.8 Å². The van der Waals surface area contributed by atoms with Crippen LogP contribution in [0.2, 0.25) is 0 Å². The molecule has 0 fully saturated rings. The topological polar surface area (TPSA) is 76.2 Å². The van der Waals surface area contributed by atoms with Gasteiger partial charge in [0.15, 0.2) is 0 Å². The predicted molar refractivity (Wildman–Crippen MR) is 64.2 cm³/mol. The minimum absolute atomic E-state index is 0.591. The number of carboxylic acids is 1. The highest BCUT2D eigenvalue weighted by molar-refractivity contribution is 5.80. The Kier molecular flexibility index (Phi) is 3.16. The fourth-order valence-electron chi connectivity index (χ4n) is 1.69. The van der Waals surface area contributed by atoms with Crippen LogP contribution in [-0.4, -0.2) is 16.1 Å². The van der Waals surface area contributed by atoms with E-state index in [2.05, 4.69) is 4.98 Å². The molecule has 0 aliphatic carbocycles. The molecule has 0 bridgehead atoms. The van der Waals surface area contributed by atoms with E-state index in [4.69, 9.17) is 10.8 Å². The Balaban J connectivity index is 2.52. The third kappa shape index (κ3) is 2.32. The maximum absolute atomic E-state index is 10.9. The molecule has 4 nitrogen and oxygen atoms in total. The van der Waals surface area contributed by atoms with Gasteiger partial charge in [0.25, 0.3) is 0 Å². The van der Waals surface area contributed by atoms with Crippen LogP contribution in [-0.2, 0) is 4.79 Å². The molecule has 1 aromatic heterocycles. The van der Waals surface area contributed by atoms with E-state index in [0.717, 1.165) is 11.1 Å². The average Bonchev–Trinajstić information content (AvgIpc) is 2.39. The summed E-state index contributed by atoms with van der Waals surface area (Å²) in [6.45, 7) is 0. The number of carbonyl (C=O) groups is 1. The van der Waals surface area contributed by atoms with E-state index in [9.17, 15) is 4.79 Å². The van der Waals surface area contributed by atoms with E-state index >= 15 is 0 Å². The number of carboxylic acid groups (broad SMARTS) is 1. The highest BCUT2D eigenvalue weighted by Crippen LogP contribution is 2.26. The largest absolute Gasteiger partial charge is 0.480 e. The lowest BCUT2D eigenvalue weighted by Crippen LogP contribution is -2.21. The fraction of sp³-hybridized carbons (Fsp3) is 0.0769. The molecule has 0 unspecified atom stereocenters. The van der Waals surface area contributed by atoms with Crippen LogP contribution in [0.4, 0.5) is 0 Å². The zero-order valence-corrected chi connectivity index (χ0v) is 9.08. The van der Waals surface area contributed by atoms with Gasteiger partial charge in [0, 0.05) is 18.0 Å². The Morgan fingerprint density at radius 3 is 2.65 bits per heavy atom. The first kappa shape index (κ1) is 11.3. The molecule has 0 aliphatic rings. The van der Waals surface area contributed by atoms with E-state index in [0.29, 0.717) is 5.56 Å². The lowest BCUT2D eigenvalue weighted by molar-refractivity contribution is -0.138.